The average Bonchev–Trinajstić information content (AvgIpc) is 2.05. The van der Waals surface area contributed by atoms with Crippen LogP contribution in [-0.2, 0) is 9.73 Å². The number of halogens is 1. The van der Waals surface area contributed by atoms with Crippen molar-refractivity contribution in [2.24, 2.45) is 4.36 Å². The summed E-state index contributed by atoms with van der Waals surface area (Å²) in [7, 11) is -0.736. The van der Waals surface area contributed by atoms with Crippen molar-refractivity contribution in [3.63, 3.8) is 0 Å². The molecule has 0 aromatic carbocycles. The fraction of sp³-hybridized carbons (Fsp3) is 0.286. The minimum atomic E-state index is -2.26. The predicted octanol–water partition coefficient (Wildman–Crippen LogP) is 1.82. The molecular weight excluding hydrogens is 196 g/mol. The summed E-state index contributed by atoms with van der Waals surface area (Å²) in [5.74, 6) is 0. The molecule has 0 N–H and O–H groups in total. The lowest BCUT2D eigenvalue weighted by Gasteiger charge is -2.00. The van der Waals surface area contributed by atoms with Crippen molar-refractivity contribution in [1.29, 1.82) is 0 Å². The summed E-state index contributed by atoms with van der Waals surface area (Å²) in [4.78, 5) is 4.43. The lowest BCUT2D eigenvalue weighted by atomic mass is 10.5. The van der Waals surface area contributed by atoms with Gasteiger partial charge in [-0.25, -0.2) is 13.6 Å². The molecule has 0 aliphatic rings. The Morgan fingerprint density at radius 3 is 2.67 bits per heavy atom. The number of hydrogen-bond donors (Lipinski definition) is 0. The predicted molar refractivity (Wildman–Crippen MR) is 49.9 cm³/mol. The van der Waals surface area contributed by atoms with Crippen molar-refractivity contribution in [1.82, 2.24) is 4.98 Å². The van der Waals surface area contributed by atoms with Gasteiger partial charge < -0.3 is 0 Å². The molecule has 0 radical (unpaired) electrons. The van der Waals surface area contributed by atoms with Crippen molar-refractivity contribution < 1.29 is 4.21 Å². The molecule has 1 aromatic heterocycles. The van der Waals surface area contributed by atoms with Crippen LogP contribution in [0.15, 0.2) is 27.6 Å². The summed E-state index contributed by atoms with van der Waals surface area (Å²) in [5.41, 5.74) is 0. The first-order valence-corrected chi connectivity index (χ1v) is 5.58. The zero-order valence-electron chi connectivity index (χ0n) is 6.82. The normalized spacial score (nSPS) is 15.2. The molecule has 5 heteroatoms. The molecule has 1 rings (SSSR count). The van der Waals surface area contributed by atoms with Crippen LogP contribution in [-0.4, -0.2) is 22.5 Å². The van der Waals surface area contributed by atoms with Gasteiger partial charge in [0.15, 0.2) is 0 Å². The lowest BCUT2D eigenvalue weighted by molar-refractivity contribution is 0.680. The van der Waals surface area contributed by atoms with Crippen LogP contribution >= 0.6 is 11.6 Å². The number of aromatic nitrogens is 1. The van der Waals surface area contributed by atoms with E-state index in [1.54, 1.807) is 18.4 Å². The van der Waals surface area contributed by atoms with E-state index in [2.05, 4.69) is 9.35 Å². The Morgan fingerprint density at radius 2 is 2.25 bits per heavy atom. The topological polar surface area (TPSA) is 42.3 Å². The summed E-state index contributed by atoms with van der Waals surface area (Å²) >= 11 is 5.57. The van der Waals surface area contributed by atoms with Gasteiger partial charge in [-0.15, -0.1) is 0 Å². The van der Waals surface area contributed by atoms with Gasteiger partial charge in [0.25, 0.3) is 0 Å². The van der Waals surface area contributed by atoms with Gasteiger partial charge in [-0.05, 0) is 12.1 Å². The zero-order chi connectivity index (χ0) is 9.19. The standard InChI is InChI=1S/C7H9ClN2OS/c1-9-12(2,11)6-3-4-7(8)10-5-6/h3-5H,1-2H3. The summed E-state index contributed by atoms with van der Waals surface area (Å²) < 4.78 is 15.4. The molecular formula is C7H9ClN2OS. The number of rotatable bonds is 1. The third-order valence-corrected chi connectivity index (χ3v) is 3.52. The van der Waals surface area contributed by atoms with Crippen molar-refractivity contribution in [3.8, 4) is 0 Å². The smallest absolute Gasteiger partial charge is 0.129 e. The highest BCUT2D eigenvalue weighted by Gasteiger charge is 2.03. The third-order valence-electron chi connectivity index (χ3n) is 1.49. The molecule has 0 aliphatic carbocycles. The molecule has 1 atom stereocenters. The highest BCUT2D eigenvalue weighted by molar-refractivity contribution is 7.93. The average molecular weight is 205 g/mol. The Hall–Kier alpha value is -0.610. The van der Waals surface area contributed by atoms with Crippen LogP contribution in [0.1, 0.15) is 0 Å². The maximum atomic E-state index is 11.6. The SMILES string of the molecule is CN=S(C)(=O)c1ccc(Cl)nc1. The van der Waals surface area contributed by atoms with E-state index in [1.165, 1.54) is 13.2 Å². The number of hydrogen-bond acceptors (Lipinski definition) is 3. The molecule has 0 aliphatic heterocycles. The van der Waals surface area contributed by atoms with Crippen LogP contribution in [0.3, 0.4) is 0 Å². The van der Waals surface area contributed by atoms with Crippen LogP contribution in [0.25, 0.3) is 0 Å². The quantitative estimate of drug-likeness (QED) is 0.655. The van der Waals surface area contributed by atoms with Gasteiger partial charge in [0.1, 0.15) is 5.15 Å². The van der Waals surface area contributed by atoms with E-state index >= 15 is 0 Å². The van der Waals surface area contributed by atoms with E-state index in [-0.39, 0.29) is 0 Å². The van der Waals surface area contributed by atoms with E-state index in [9.17, 15) is 4.21 Å². The molecule has 0 amide bonds. The first-order chi connectivity index (χ1) is 5.56. The monoisotopic (exact) mass is 204 g/mol. The highest BCUT2D eigenvalue weighted by atomic mass is 35.5. The zero-order valence-corrected chi connectivity index (χ0v) is 8.39. The molecule has 0 bridgehead atoms. The van der Waals surface area contributed by atoms with Gasteiger partial charge in [-0.2, -0.15) is 0 Å². The molecule has 0 spiro atoms. The van der Waals surface area contributed by atoms with E-state index < -0.39 is 9.73 Å². The molecule has 12 heavy (non-hydrogen) atoms. The Bertz CT molecular complexity index is 379. The summed E-state index contributed by atoms with van der Waals surface area (Å²) in [5, 5.41) is 0.394. The molecule has 1 unspecified atom stereocenters. The first kappa shape index (κ1) is 9.48. The Balaban J connectivity index is 3.24. The van der Waals surface area contributed by atoms with Gasteiger partial charge in [0.2, 0.25) is 0 Å². The van der Waals surface area contributed by atoms with Crippen LogP contribution in [0.4, 0.5) is 0 Å². The van der Waals surface area contributed by atoms with E-state index in [0.717, 1.165) is 0 Å². The molecule has 1 heterocycles. The first-order valence-electron chi connectivity index (χ1n) is 3.28. The van der Waals surface area contributed by atoms with Crippen LogP contribution in [0.2, 0.25) is 5.15 Å². The maximum Gasteiger partial charge on any atom is 0.129 e. The van der Waals surface area contributed by atoms with Crippen LogP contribution in [0, 0.1) is 0 Å². The van der Waals surface area contributed by atoms with E-state index in [0.29, 0.717) is 10.0 Å². The van der Waals surface area contributed by atoms with Gasteiger partial charge in [-0.1, -0.05) is 11.6 Å². The van der Waals surface area contributed by atoms with Crippen molar-refractivity contribution in [3.05, 3.63) is 23.5 Å². The minimum Gasteiger partial charge on any atom is -0.245 e. The fourth-order valence-corrected chi connectivity index (χ4v) is 1.58. The maximum absolute atomic E-state index is 11.6. The molecule has 1 aromatic rings. The van der Waals surface area contributed by atoms with E-state index in [1.807, 2.05) is 0 Å². The molecule has 66 valence electrons. The van der Waals surface area contributed by atoms with Gasteiger partial charge in [0.05, 0.1) is 14.6 Å². The second-order valence-electron chi connectivity index (χ2n) is 2.30. The minimum absolute atomic E-state index is 0.394. The van der Waals surface area contributed by atoms with Gasteiger partial charge in [0, 0.05) is 19.5 Å². The summed E-state index contributed by atoms with van der Waals surface area (Å²) in [6.07, 6.45) is 3.05. The summed E-state index contributed by atoms with van der Waals surface area (Å²) in [6.45, 7) is 0. The highest BCUT2D eigenvalue weighted by Crippen LogP contribution is 2.11. The number of nitrogens with zero attached hydrogens (tertiary/aromatic N) is 2. The molecule has 0 saturated heterocycles. The van der Waals surface area contributed by atoms with Crippen molar-refractivity contribution >= 4 is 21.3 Å². The Labute approximate surface area is 77.0 Å². The molecule has 3 nitrogen and oxygen atoms in total. The largest absolute Gasteiger partial charge is 0.245 e. The van der Waals surface area contributed by atoms with Crippen LogP contribution in [0.5, 0.6) is 0 Å². The van der Waals surface area contributed by atoms with Crippen molar-refractivity contribution in [2.45, 2.75) is 4.90 Å². The molecule has 0 saturated carbocycles. The van der Waals surface area contributed by atoms with Crippen LogP contribution < -0.4 is 0 Å². The molecule has 0 fully saturated rings. The second kappa shape index (κ2) is 3.41. The number of pyridine rings is 1. The van der Waals surface area contributed by atoms with Gasteiger partial charge >= 0.3 is 0 Å². The third kappa shape index (κ3) is 1.95. The van der Waals surface area contributed by atoms with Gasteiger partial charge in [-0.3, -0.25) is 0 Å². The Kier molecular flexibility index (Phi) is 2.69. The second-order valence-corrected chi connectivity index (χ2v) is 5.13. The van der Waals surface area contributed by atoms with Crippen molar-refractivity contribution in [2.75, 3.05) is 13.3 Å². The Morgan fingerprint density at radius 1 is 1.58 bits per heavy atom. The lowest BCUT2D eigenvalue weighted by Crippen LogP contribution is -1.97. The fourth-order valence-electron chi connectivity index (χ4n) is 0.692. The summed E-state index contributed by atoms with van der Waals surface area (Å²) in [6, 6.07) is 3.27. The van der Waals surface area contributed by atoms with E-state index in [4.69, 9.17) is 11.6 Å².